The lowest BCUT2D eigenvalue weighted by Crippen LogP contribution is -2.44. The van der Waals surface area contributed by atoms with E-state index in [1.165, 1.54) is 11.1 Å². The lowest BCUT2D eigenvalue weighted by Gasteiger charge is -2.23. The first kappa shape index (κ1) is 13.2. The summed E-state index contributed by atoms with van der Waals surface area (Å²) < 4.78 is 11.2. The first-order valence-electron chi connectivity index (χ1n) is 7.01. The fraction of sp³-hybridized carbons (Fsp3) is 0.294. The summed E-state index contributed by atoms with van der Waals surface area (Å²) in [5.74, 6) is 0.900. The summed E-state index contributed by atoms with van der Waals surface area (Å²) in [6.45, 7) is 3.07. The second kappa shape index (κ2) is 6.55. The highest BCUT2D eigenvalue weighted by Gasteiger charge is 2.13. The molecule has 1 heterocycles. The van der Waals surface area contributed by atoms with Gasteiger partial charge in [-0.3, -0.25) is 0 Å². The fourth-order valence-corrected chi connectivity index (χ4v) is 2.30. The van der Waals surface area contributed by atoms with Gasteiger partial charge < -0.3 is 14.8 Å². The summed E-state index contributed by atoms with van der Waals surface area (Å²) in [6, 6.07) is 18.9. The fourth-order valence-electron chi connectivity index (χ4n) is 2.30. The number of nitrogens with one attached hydrogen (secondary N) is 1. The van der Waals surface area contributed by atoms with Gasteiger partial charge in [-0.15, -0.1) is 0 Å². The van der Waals surface area contributed by atoms with E-state index in [9.17, 15) is 0 Å². The molecule has 3 rings (SSSR count). The molecule has 1 fully saturated rings. The van der Waals surface area contributed by atoms with Crippen molar-refractivity contribution in [3.05, 3.63) is 54.6 Å². The Morgan fingerprint density at radius 2 is 1.75 bits per heavy atom. The molecule has 2 aromatic carbocycles. The minimum atomic E-state index is 0.289. The van der Waals surface area contributed by atoms with Crippen LogP contribution < -0.4 is 10.1 Å². The van der Waals surface area contributed by atoms with Gasteiger partial charge in [0.2, 0.25) is 0 Å². The van der Waals surface area contributed by atoms with Crippen molar-refractivity contribution in [2.45, 2.75) is 6.04 Å². The van der Waals surface area contributed by atoms with Gasteiger partial charge in [-0.05, 0) is 23.3 Å². The first-order chi connectivity index (χ1) is 9.92. The van der Waals surface area contributed by atoms with Crippen molar-refractivity contribution < 1.29 is 9.47 Å². The molecule has 104 valence electrons. The molecule has 1 aliphatic heterocycles. The van der Waals surface area contributed by atoms with Gasteiger partial charge in [0.05, 0.1) is 19.3 Å². The van der Waals surface area contributed by atoms with Crippen LogP contribution in [0.1, 0.15) is 0 Å². The molecular weight excluding hydrogens is 250 g/mol. The third-order valence-electron chi connectivity index (χ3n) is 3.41. The smallest absolute Gasteiger partial charge is 0.119 e. The van der Waals surface area contributed by atoms with Crippen LogP contribution in [-0.4, -0.2) is 32.4 Å². The van der Waals surface area contributed by atoms with Crippen molar-refractivity contribution in [3.63, 3.8) is 0 Å². The Morgan fingerprint density at radius 1 is 1.00 bits per heavy atom. The molecule has 1 atom stereocenters. The van der Waals surface area contributed by atoms with Gasteiger partial charge in [0.1, 0.15) is 12.4 Å². The van der Waals surface area contributed by atoms with Crippen LogP contribution in [0.25, 0.3) is 11.1 Å². The zero-order chi connectivity index (χ0) is 13.6. The Bertz CT molecular complexity index is 518. The van der Waals surface area contributed by atoms with Crippen LogP contribution in [0.4, 0.5) is 0 Å². The maximum absolute atomic E-state index is 5.79. The maximum atomic E-state index is 5.79. The summed E-state index contributed by atoms with van der Waals surface area (Å²) in [6.07, 6.45) is 0. The number of benzene rings is 2. The molecule has 20 heavy (non-hydrogen) atoms. The quantitative estimate of drug-likeness (QED) is 0.925. The van der Waals surface area contributed by atoms with E-state index in [0.717, 1.165) is 25.5 Å². The van der Waals surface area contributed by atoms with Gasteiger partial charge in [-0.2, -0.15) is 0 Å². The zero-order valence-corrected chi connectivity index (χ0v) is 11.4. The van der Waals surface area contributed by atoms with Crippen LogP contribution in [0.3, 0.4) is 0 Å². The van der Waals surface area contributed by atoms with Crippen molar-refractivity contribution in [2.75, 3.05) is 26.4 Å². The molecule has 1 unspecified atom stereocenters. The average Bonchev–Trinajstić information content (AvgIpc) is 2.55. The van der Waals surface area contributed by atoms with Gasteiger partial charge >= 0.3 is 0 Å². The summed E-state index contributed by atoms with van der Waals surface area (Å²) in [5.41, 5.74) is 2.43. The normalized spacial score (nSPS) is 18.7. The van der Waals surface area contributed by atoms with Crippen molar-refractivity contribution >= 4 is 0 Å². The molecule has 1 saturated heterocycles. The van der Waals surface area contributed by atoms with Gasteiger partial charge in [-0.25, -0.2) is 0 Å². The Morgan fingerprint density at radius 3 is 2.45 bits per heavy atom. The topological polar surface area (TPSA) is 30.5 Å². The highest BCUT2D eigenvalue weighted by atomic mass is 16.5. The third kappa shape index (κ3) is 3.38. The highest BCUT2D eigenvalue weighted by Crippen LogP contribution is 2.22. The van der Waals surface area contributed by atoms with E-state index in [1.807, 2.05) is 18.2 Å². The molecule has 1 N–H and O–H groups in total. The van der Waals surface area contributed by atoms with E-state index in [2.05, 4.69) is 41.7 Å². The Balaban J connectivity index is 1.58. The van der Waals surface area contributed by atoms with Crippen LogP contribution in [0.2, 0.25) is 0 Å². The van der Waals surface area contributed by atoms with E-state index >= 15 is 0 Å². The first-order valence-corrected chi connectivity index (χ1v) is 7.01. The number of rotatable bonds is 4. The largest absolute Gasteiger partial charge is 0.492 e. The van der Waals surface area contributed by atoms with E-state index in [4.69, 9.17) is 9.47 Å². The Labute approximate surface area is 119 Å². The number of ether oxygens (including phenoxy) is 2. The molecule has 0 saturated carbocycles. The molecule has 3 heteroatoms. The monoisotopic (exact) mass is 269 g/mol. The second-order valence-electron chi connectivity index (χ2n) is 4.93. The van der Waals surface area contributed by atoms with Crippen LogP contribution >= 0.6 is 0 Å². The molecule has 0 spiro atoms. The van der Waals surface area contributed by atoms with Gasteiger partial charge in [0.25, 0.3) is 0 Å². The van der Waals surface area contributed by atoms with Crippen LogP contribution in [-0.2, 0) is 4.74 Å². The molecule has 2 aromatic rings. The SMILES string of the molecule is c1ccc(-c2ccc(OCC3COCCN3)cc2)cc1. The predicted octanol–water partition coefficient (Wildman–Crippen LogP) is 2.72. The van der Waals surface area contributed by atoms with E-state index < -0.39 is 0 Å². The van der Waals surface area contributed by atoms with Gasteiger partial charge in [0.15, 0.2) is 0 Å². The molecule has 0 aromatic heterocycles. The molecule has 3 nitrogen and oxygen atoms in total. The van der Waals surface area contributed by atoms with Crippen molar-refractivity contribution in [3.8, 4) is 16.9 Å². The summed E-state index contributed by atoms with van der Waals surface area (Å²) in [4.78, 5) is 0. The van der Waals surface area contributed by atoms with E-state index in [0.29, 0.717) is 6.61 Å². The predicted molar refractivity (Wildman–Crippen MR) is 80.0 cm³/mol. The lowest BCUT2D eigenvalue weighted by molar-refractivity contribution is 0.0593. The third-order valence-corrected chi connectivity index (χ3v) is 3.41. The number of hydrogen-bond acceptors (Lipinski definition) is 3. The molecule has 1 aliphatic rings. The van der Waals surface area contributed by atoms with Crippen LogP contribution in [0, 0.1) is 0 Å². The van der Waals surface area contributed by atoms with Crippen LogP contribution in [0.15, 0.2) is 54.6 Å². The van der Waals surface area contributed by atoms with E-state index in [1.54, 1.807) is 0 Å². The van der Waals surface area contributed by atoms with Crippen molar-refractivity contribution in [1.29, 1.82) is 0 Å². The summed E-state index contributed by atoms with van der Waals surface area (Å²) >= 11 is 0. The summed E-state index contributed by atoms with van der Waals surface area (Å²) in [7, 11) is 0. The summed E-state index contributed by atoms with van der Waals surface area (Å²) in [5, 5.41) is 3.38. The minimum absolute atomic E-state index is 0.289. The van der Waals surface area contributed by atoms with Crippen LogP contribution in [0.5, 0.6) is 5.75 Å². The Kier molecular flexibility index (Phi) is 4.31. The molecular formula is C17H19NO2. The lowest BCUT2D eigenvalue weighted by atomic mass is 10.1. The molecule has 0 amide bonds. The van der Waals surface area contributed by atoms with Gasteiger partial charge in [-0.1, -0.05) is 42.5 Å². The molecule has 0 aliphatic carbocycles. The number of hydrogen-bond donors (Lipinski definition) is 1. The van der Waals surface area contributed by atoms with Crippen molar-refractivity contribution in [2.24, 2.45) is 0 Å². The highest BCUT2D eigenvalue weighted by molar-refractivity contribution is 5.63. The standard InChI is InChI=1S/C17H19NO2/c1-2-4-14(5-3-1)15-6-8-17(9-7-15)20-13-16-12-19-11-10-18-16/h1-9,16,18H,10-13H2. The molecule has 0 radical (unpaired) electrons. The average molecular weight is 269 g/mol. The minimum Gasteiger partial charge on any atom is -0.492 e. The maximum Gasteiger partial charge on any atom is 0.119 e. The van der Waals surface area contributed by atoms with Gasteiger partial charge in [0, 0.05) is 6.54 Å². The Hall–Kier alpha value is -1.84. The number of morpholine rings is 1. The second-order valence-corrected chi connectivity index (χ2v) is 4.93. The van der Waals surface area contributed by atoms with Crippen molar-refractivity contribution in [1.82, 2.24) is 5.32 Å². The molecule has 0 bridgehead atoms. The van der Waals surface area contributed by atoms with E-state index in [-0.39, 0.29) is 6.04 Å². The zero-order valence-electron chi connectivity index (χ0n) is 11.4.